The molecule has 0 fully saturated rings. The van der Waals surface area contributed by atoms with Gasteiger partial charge in [0.2, 0.25) is 0 Å². The lowest BCUT2D eigenvalue weighted by Crippen LogP contribution is -2.38. The maximum absolute atomic E-state index is 5.67. The van der Waals surface area contributed by atoms with Crippen LogP contribution in [0.15, 0.2) is 28.6 Å². The number of ether oxygens (including phenoxy) is 2. The summed E-state index contributed by atoms with van der Waals surface area (Å²) in [5.41, 5.74) is 2.35. The highest BCUT2D eigenvalue weighted by molar-refractivity contribution is 14.0. The lowest BCUT2D eigenvalue weighted by atomic mass is 9.93. The van der Waals surface area contributed by atoms with E-state index in [9.17, 15) is 0 Å². The summed E-state index contributed by atoms with van der Waals surface area (Å²) in [7, 11) is 3.82. The Hall–Kier alpha value is -1.55. The van der Waals surface area contributed by atoms with E-state index >= 15 is 0 Å². The molecule has 0 spiro atoms. The molecule has 1 aliphatic heterocycles. The highest BCUT2D eigenvalue weighted by atomic mass is 127. The Labute approximate surface area is 188 Å². The zero-order valence-corrected chi connectivity index (χ0v) is 20.3. The third kappa shape index (κ3) is 5.73. The lowest BCUT2D eigenvalue weighted by Gasteiger charge is -2.23. The summed E-state index contributed by atoms with van der Waals surface area (Å²) < 4.78 is 11.3. The van der Waals surface area contributed by atoms with Gasteiger partial charge in [0, 0.05) is 31.4 Å². The van der Waals surface area contributed by atoms with Crippen LogP contribution in [0.5, 0.6) is 11.5 Å². The molecule has 0 saturated heterocycles. The molecular formula is C20H29IN4O2S. The molecule has 154 valence electrons. The number of hydrogen-bond donors (Lipinski definition) is 1. The molecule has 28 heavy (non-hydrogen) atoms. The number of thiazole rings is 1. The van der Waals surface area contributed by atoms with Crippen molar-refractivity contribution in [3.05, 3.63) is 39.8 Å². The van der Waals surface area contributed by atoms with Gasteiger partial charge in [-0.05, 0) is 17.7 Å². The van der Waals surface area contributed by atoms with E-state index < -0.39 is 0 Å². The Morgan fingerprint density at radius 2 is 1.96 bits per heavy atom. The maximum Gasteiger partial charge on any atom is 0.194 e. The predicted molar refractivity (Wildman–Crippen MR) is 125 cm³/mol. The van der Waals surface area contributed by atoms with Crippen LogP contribution in [0.4, 0.5) is 0 Å². The van der Waals surface area contributed by atoms with E-state index in [0.717, 1.165) is 40.3 Å². The van der Waals surface area contributed by atoms with Crippen molar-refractivity contribution in [3.63, 3.8) is 0 Å². The summed E-state index contributed by atoms with van der Waals surface area (Å²) >= 11 is 1.68. The first-order chi connectivity index (χ1) is 12.9. The van der Waals surface area contributed by atoms with Crippen molar-refractivity contribution >= 4 is 41.3 Å². The number of hydrogen-bond acceptors (Lipinski definition) is 5. The molecule has 0 aliphatic carbocycles. The minimum Gasteiger partial charge on any atom is -0.486 e. The largest absolute Gasteiger partial charge is 0.486 e. The Morgan fingerprint density at radius 3 is 2.61 bits per heavy atom. The van der Waals surface area contributed by atoms with Crippen LogP contribution in [0.2, 0.25) is 0 Å². The van der Waals surface area contributed by atoms with Crippen LogP contribution in [0.25, 0.3) is 0 Å². The van der Waals surface area contributed by atoms with Gasteiger partial charge in [0.15, 0.2) is 17.5 Å². The number of rotatable bonds is 4. The third-order valence-corrected chi connectivity index (χ3v) is 5.17. The van der Waals surface area contributed by atoms with Gasteiger partial charge in [-0.1, -0.05) is 26.8 Å². The molecule has 0 bridgehead atoms. The van der Waals surface area contributed by atoms with E-state index in [4.69, 9.17) is 14.5 Å². The average molecular weight is 516 g/mol. The van der Waals surface area contributed by atoms with Crippen LogP contribution in [0.3, 0.4) is 0 Å². The number of benzene rings is 1. The van der Waals surface area contributed by atoms with Gasteiger partial charge in [0.25, 0.3) is 0 Å². The summed E-state index contributed by atoms with van der Waals surface area (Å²) in [5.74, 6) is 2.46. The second kappa shape index (κ2) is 9.78. The third-order valence-electron chi connectivity index (χ3n) is 4.32. The molecule has 0 atom stereocenters. The summed E-state index contributed by atoms with van der Waals surface area (Å²) in [5, 5.41) is 6.60. The number of halogens is 1. The van der Waals surface area contributed by atoms with Crippen LogP contribution in [-0.4, -0.2) is 43.2 Å². The van der Waals surface area contributed by atoms with Crippen LogP contribution in [-0.2, 0) is 18.5 Å². The summed E-state index contributed by atoms with van der Waals surface area (Å²) in [6.07, 6.45) is 0. The normalized spacial score (nSPS) is 13.7. The Bertz CT molecular complexity index is 817. The summed E-state index contributed by atoms with van der Waals surface area (Å²) in [6, 6.07) is 6.07. The molecule has 3 rings (SSSR count). The van der Waals surface area contributed by atoms with E-state index in [-0.39, 0.29) is 29.4 Å². The monoisotopic (exact) mass is 516 g/mol. The van der Waals surface area contributed by atoms with Gasteiger partial charge in [0.05, 0.1) is 12.2 Å². The van der Waals surface area contributed by atoms with Gasteiger partial charge in [-0.15, -0.1) is 35.3 Å². The van der Waals surface area contributed by atoms with Crippen molar-refractivity contribution in [2.45, 2.75) is 39.3 Å². The highest BCUT2D eigenvalue weighted by Crippen LogP contribution is 2.31. The molecule has 0 amide bonds. The Balaban J connectivity index is 0.00000280. The van der Waals surface area contributed by atoms with Gasteiger partial charge in [-0.3, -0.25) is 4.99 Å². The quantitative estimate of drug-likeness (QED) is 0.378. The predicted octanol–water partition coefficient (Wildman–Crippen LogP) is 4.04. The van der Waals surface area contributed by atoms with Crippen molar-refractivity contribution in [2.24, 2.45) is 4.99 Å². The highest BCUT2D eigenvalue weighted by Gasteiger charge is 2.18. The minimum absolute atomic E-state index is 0. The molecule has 1 aromatic carbocycles. The van der Waals surface area contributed by atoms with E-state index in [1.54, 1.807) is 18.4 Å². The van der Waals surface area contributed by atoms with Crippen molar-refractivity contribution in [1.82, 2.24) is 15.2 Å². The molecule has 1 aromatic heterocycles. The Morgan fingerprint density at radius 1 is 1.25 bits per heavy atom. The molecule has 1 N–H and O–H groups in total. The molecular weight excluding hydrogens is 487 g/mol. The van der Waals surface area contributed by atoms with Gasteiger partial charge < -0.3 is 19.7 Å². The second-order valence-corrected chi connectivity index (χ2v) is 8.55. The van der Waals surface area contributed by atoms with Crippen molar-refractivity contribution in [2.75, 3.05) is 27.3 Å². The van der Waals surface area contributed by atoms with Crippen molar-refractivity contribution in [3.8, 4) is 11.5 Å². The first kappa shape index (κ1) is 22.7. The van der Waals surface area contributed by atoms with Gasteiger partial charge in [-0.2, -0.15) is 0 Å². The average Bonchev–Trinajstić information content (AvgIpc) is 3.11. The molecule has 2 aromatic rings. The molecule has 2 heterocycles. The van der Waals surface area contributed by atoms with Crippen molar-refractivity contribution < 1.29 is 9.47 Å². The number of aliphatic imine (C=N–C) groups is 1. The van der Waals surface area contributed by atoms with Crippen LogP contribution in [0, 0.1) is 0 Å². The van der Waals surface area contributed by atoms with E-state index in [1.807, 2.05) is 19.2 Å². The van der Waals surface area contributed by atoms with E-state index in [2.05, 4.69) is 47.4 Å². The summed E-state index contributed by atoms with van der Waals surface area (Å²) in [6.45, 7) is 9.13. The fraction of sp³-hybridized carbons (Fsp3) is 0.500. The smallest absolute Gasteiger partial charge is 0.194 e. The molecule has 6 nitrogen and oxygen atoms in total. The maximum atomic E-state index is 5.67. The number of nitrogens with one attached hydrogen (secondary N) is 1. The molecule has 0 unspecified atom stereocenters. The van der Waals surface area contributed by atoms with Crippen LogP contribution >= 0.6 is 35.3 Å². The van der Waals surface area contributed by atoms with Crippen molar-refractivity contribution in [1.29, 1.82) is 0 Å². The standard InChI is InChI=1S/C20H28N4O2S.HI/c1-20(2,3)17-13-27-18(23-17)11-22-19(21-4)24(5)12-14-6-7-15-16(10-14)26-9-8-25-15;/h6-7,10,13H,8-9,11-12H2,1-5H3,(H,21,22);1H. The molecule has 8 heteroatoms. The lowest BCUT2D eigenvalue weighted by molar-refractivity contribution is 0.171. The first-order valence-electron chi connectivity index (χ1n) is 9.12. The SMILES string of the molecule is CN=C(NCc1nc(C(C)(C)C)cs1)N(C)Cc1ccc2c(c1)OCCO2.I. The topological polar surface area (TPSA) is 59.0 Å². The van der Waals surface area contributed by atoms with E-state index in [0.29, 0.717) is 19.8 Å². The fourth-order valence-corrected chi connectivity index (χ4v) is 3.77. The second-order valence-electron chi connectivity index (χ2n) is 7.61. The van der Waals surface area contributed by atoms with Gasteiger partial charge >= 0.3 is 0 Å². The molecule has 0 saturated carbocycles. The Kier molecular flexibility index (Phi) is 7.94. The van der Waals surface area contributed by atoms with Gasteiger partial charge in [0.1, 0.15) is 18.2 Å². The summed E-state index contributed by atoms with van der Waals surface area (Å²) in [4.78, 5) is 11.2. The first-order valence-corrected chi connectivity index (χ1v) is 10.00. The molecule has 1 aliphatic rings. The zero-order valence-electron chi connectivity index (χ0n) is 17.1. The number of nitrogens with zero attached hydrogens (tertiary/aromatic N) is 3. The van der Waals surface area contributed by atoms with Gasteiger partial charge in [-0.25, -0.2) is 4.98 Å². The van der Waals surface area contributed by atoms with Crippen LogP contribution in [0.1, 0.15) is 37.0 Å². The van der Waals surface area contributed by atoms with Crippen LogP contribution < -0.4 is 14.8 Å². The molecule has 0 radical (unpaired) electrons. The zero-order chi connectivity index (χ0) is 19.4. The number of aromatic nitrogens is 1. The number of fused-ring (bicyclic) bond motifs is 1. The number of guanidine groups is 1. The fourth-order valence-electron chi connectivity index (χ4n) is 2.81. The minimum atomic E-state index is 0. The van der Waals surface area contributed by atoms with E-state index in [1.165, 1.54) is 0 Å².